The van der Waals surface area contributed by atoms with Crippen molar-refractivity contribution in [2.24, 2.45) is 0 Å². The number of halogens is 3. The first-order chi connectivity index (χ1) is 7.20. The Labute approximate surface area is 92.2 Å². The van der Waals surface area contributed by atoms with E-state index in [4.69, 9.17) is 4.52 Å². The van der Waals surface area contributed by atoms with E-state index in [0.717, 1.165) is 12.1 Å². The molecule has 2 rings (SSSR count). The minimum Gasteiger partial charge on any atom is -0.334 e. The Morgan fingerprint density at radius 2 is 2.13 bits per heavy atom. The number of hydrogen-bond donors (Lipinski definition) is 0. The average molecular weight is 275 g/mol. The van der Waals surface area contributed by atoms with Crippen LogP contribution in [0.4, 0.5) is 8.78 Å². The van der Waals surface area contributed by atoms with Crippen LogP contribution in [0.2, 0.25) is 0 Å². The predicted octanol–water partition coefficient (Wildman–Crippen LogP) is 2.91. The monoisotopic (exact) mass is 274 g/mol. The summed E-state index contributed by atoms with van der Waals surface area (Å²) in [6.07, 6.45) is 0. The van der Waals surface area contributed by atoms with Crippen LogP contribution < -0.4 is 0 Å². The van der Waals surface area contributed by atoms with Crippen molar-refractivity contribution in [2.75, 3.05) is 0 Å². The molecule has 0 N–H and O–H groups in total. The number of aromatic nitrogens is 2. The molecule has 1 aromatic carbocycles. The third kappa shape index (κ3) is 2.04. The Hall–Kier alpha value is -1.30. The number of hydrogen-bond acceptors (Lipinski definition) is 3. The molecule has 15 heavy (non-hydrogen) atoms. The number of rotatable bonds is 2. The number of nitrogens with zero attached hydrogens (tertiary/aromatic N) is 2. The highest BCUT2D eigenvalue weighted by Gasteiger charge is 2.13. The van der Waals surface area contributed by atoms with Gasteiger partial charge >= 0.3 is 0 Å². The lowest BCUT2D eigenvalue weighted by atomic mass is 10.2. The summed E-state index contributed by atoms with van der Waals surface area (Å²) in [6.45, 7) is 0. The summed E-state index contributed by atoms with van der Waals surface area (Å²) >= 11 is 3.13. The first kappa shape index (κ1) is 10.2. The maximum atomic E-state index is 13.3. The molecule has 6 heteroatoms. The van der Waals surface area contributed by atoms with Crippen molar-refractivity contribution in [1.29, 1.82) is 0 Å². The molecule has 1 aromatic heterocycles. The Morgan fingerprint density at radius 1 is 1.33 bits per heavy atom. The molecule has 2 aromatic rings. The fourth-order valence-electron chi connectivity index (χ4n) is 1.08. The van der Waals surface area contributed by atoms with Crippen molar-refractivity contribution in [3.63, 3.8) is 0 Å². The van der Waals surface area contributed by atoms with Crippen LogP contribution >= 0.6 is 15.9 Å². The van der Waals surface area contributed by atoms with E-state index in [1.54, 1.807) is 0 Å². The van der Waals surface area contributed by atoms with E-state index in [9.17, 15) is 8.78 Å². The summed E-state index contributed by atoms with van der Waals surface area (Å²) in [6, 6.07) is 3.17. The van der Waals surface area contributed by atoms with E-state index in [1.807, 2.05) is 0 Å². The van der Waals surface area contributed by atoms with Crippen LogP contribution in [0.25, 0.3) is 11.5 Å². The van der Waals surface area contributed by atoms with Gasteiger partial charge in [-0.1, -0.05) is 21.1 Å². The van der Waals surface area contributed by atoms with Crippen molar-refractivity contribution in [1.82, 2.24) is 10.1 Å². The van der Waals surface area contributed by atoms with Gasteiger partial charge in [0.25, 0.3) is 5.89 Å². The summed E-state index contributed by atoms with van der Waals surface area (Å²) in [7, 11) is 0. The second-order valence-corrected chi connectivity index (χ2v) is 3.33. The van der Waals surface area contributed by atoms with Gasteiger partial charge in [-0.15, -0.1) is 0 Å². The van der Waals surface area contributed by atoms with Crippen molar-refractivity contribution in [3.05, 3.63) is 35.7 Å². The highest BCUT2D eigenvalue weighted by molar-refractivity contribution is 9.08. The minimum absolute atomic E-state index is 0.0435. The first-order valence-corrected chi connectivity index (χ1v) is 5.17. The summed E-state index contributed by atoms with van der Waals surface area (Å²) in [4.78, 5) is 3.90. The van der Waals surface area contributed by atoms with Crippen LogP contribution in [-0.2, 0) is 5.33 Å². The smallest absolute Gasteiger partial charge is 0.260 e. The molecule has 1 heterocycles. The minimum atomic E-state index is -0.722. The van der Waals surface area contributed by atoms with Crippen LogP contribution in [0.3, 0.4) is 0 Å². The highest BCUT2D eigenvalue weighted by Crippen LogP contribution is 2.21. The number of alkyl halides is 1. The molecule has 3 nitrogen and oxygen atoms in total. The van der Waals surface area contributed by atoms with Gasteiger partial charge < -0.3 is 4.52 Å². The molecule has 78 valence electrons. The van der Waals surface area contributed by atoms with Gasteiger partial charge in [-0.05, 0) is 12.1 Å². The van der Waals surface area contributed by atoms with E-state index >= 15 is 0 Å². The van der Waals surface area contributed by atoms with E-state index in [-0.39, 0.29) is 11.5 Å². The molecule has 0 radical (unpaired) electrons. The molecule has 0 fully saturated rings. The molecule has 0 bridgehead atoms. The molecular formula is C9H5BrF2N2O. The summed E-state index contributed by atoms with van der Waals surface area (Å²) in [5.41, 5.74) is 0.0936. The summed E-state index contributed by atoms with van der Waals surface area (Å²) < 4.78 is 30.7. The van der Waals surface area contributed by atoms with Gasteiger partial charge in [0.15, 0.2) is 5.82 Å². The largest absolute Gasteiger partial charge is 0.334 e. The first-order valence-electron chi connectivity index (χ1n) is 4.04. The zero-order valence-electron chi connectivity index (χ0n) is 7.38. The maximum Gasteiger partial charge on any atom is 0.260 e. The van der Waals surface area contributed by atoms with Crippen LogP contribution in [-0.4, -0.2) is 10.1 Å². The third-order valence-electron chi connectivity index (χ3n) is 1.75. The van der Waals surface area contributed by atoms with E-state index in [2.05, 4.69) is 26.1 Å². The number of benzene rings is 1. The molecule has 0 saturated heterocycles. The average Bonchev–Trinajstić information content (AvgIpc) is 2.66. The third-order valence-corrected chi connectivity index (χ3v) is 2.25. The lowest BCUT2D eigenvalue weighted by Gasteiger charge is -1.95. The fraction of sp³-hybridized carbons (Fsp3) is 0.111. The molecule has 0 unspecified atom stereocenters. The topological polar surface area (TPSA) is 38.9 Å². The van der Waals surface area contributed by atoms with Gasteiger partial charge in [-0.2, -0.15) is 4.98 Å². The second kappa shape index (κ2) is 4.06. The van der Waals surface area contributed by atoms with Crippen LogP contribution in [0.15, 0.2) is 22.7 Å². The quantitative estimate of drug-likeness (QED) is 0.791. The molecule has 0 saturated carbocycles. The Morgan fingerprint density at radius 3 is 2.73 bits per heavy atom. The van der Waals surface area contributed by atoms with Gasteiger partial charge in [-0.3, -0.25) is 0 Å². The van der Waals surface area contributed by atoms with Crippen molar-refractivity contribution < 1.29 is 13.3 Å². The molecule has 0 aliphatic heterocycles. The Balaban J connectivity index is 2.44. The zero-order valence-corrected chi connectivity index (χ0v) is 8.96. The maximum absolute atomic E-state index is 13.3. The predicted molar refractivity (Wildman–Crippen MR) is 52.3 cm³/mol. The molecule has 0 spiro atoms. The van der Waals surface area contributed by atoms with E-state index in [1.165, 1.54) is 6.07 Å². The lowest BCUT2D eigenvalue weighted by molar-refractivity contribution is 0.422. The van der Waals surface area contributed by atoms with Gasteiger partial charge in [0.05, 0.1) is 10.9 Å². The summed E-state index contributed by atoms with van der Waals surface area (Å²) in [5, 5.41) is 4.00. The Kier molecular flexibility index (Phi) is 2.77. The van der Waals surface area contributed by atoms with Gasteiger partial charge in [0, 0.05) is 6.07 Å². The zero-order chi connectivity index (χ0) is 10.8. The Bertz CT molecular complexity index is 487. The summed E-state index contributed by atoms with van der Waals surface area (Å²) in [5.74, 6) is -0.910. The van der Waals surface area contributed by atoms with Crippen LogP contribution in [0.5, 0.6) is 0 Å². The van der Waals surface area contributed by atoms with Gasteiger partial charge in [0.1, 0.15) is 11.6 Å². The van der Waals surface area contributed by atoms with E-state index < -0.39 is 11.6 Å². The van der Waals surface area contributed by atoms with Crippen molar-refractivity contribution in [3.8, 4) is 11.5 Å². The van der Waals surface area contributed by atoms with Crippen molar-refractivity contribution in [2.45, 2.75) is 5.33 Å². The van der Waals surface area contributed by atoms with Crippen LogP contribution in [0.1, 0.15) is 5.82 Å². The van der Waals surface area contributed by atoms with Gasteiger partial charge in [-0.25, -0.2) is 8.78 Å². The molecule has 0 atom stereocenters. The standard InChI is InChI=1S/C9H5BrF2N2O/c10-4-8-13-9(15-14-8)6-2-1-5(11)3-7(6)12/h1-3H,4H2. The van der Waals surface area contributed by atoms with Crippen LogP contribution in [0, 0.1) is 11.6 Å². The molecule has 0 aliphatic carbocycles. The second-order valence-electron chi connectivity index (χ2n) is 2.77. The van der Waals surface area contributed by atoms with Crippen molar-refractivity contribution >= 4 is 15.9 Å². The normalized spacial score (nSPS) is 10.6. The van der Waals surface area contributed by atoms with E-state index in [0.29, 0.717) is 11.2 Å². The molecule has 0 aliphatic rings. The lowest BCUT2D eigenvalue weighted by Crippen LogP contribution is -1.86. The highest BCUT2D eigenvalue weighted by atomic mass is 79.9. The SMILES string of the molecule is Fc1ccc(-c2nc(CBr)no2)c(F)c1. The fourth-order valence-corrected chi connectivity index (χ4v) is 1.31. The van der Waals surface area contributed by atoms with Gasteiger partial charge in [0.2, 0.25) is 0 Å². The molecular weight excluding hydrogens is 270 g/mol. The molecule has 0 amide bonds.